The van der Waals surface area contributed by atoms with E-state index < -0.39 is 32.2 Å². The third-order valence-corrected chi connectivity index (χ3v) is 2.98. The highest BCUT2D eigenvalue weighted by atomic mass is 32.2. The van der Waals surface area contributed by atoms with E-state index in [1.54, 1.807) is 0 Å². The van der Waals surface area contributed by atoms with Gasteiger partial charge in [0.25, 0.3) is 0 Å². The van der Waals surface area contributed by atoms with Gasteiger partial charge in [-0.25, -0.2) is 17.9 Å². The van der Waals surface area contributed by atoms with Gasteiger partial charge in [0.1, 0.15) is 11.3 Å². The molecule has 110 valence electrons. The van der Waals surface area contributed by atoms with Gasteiger partial charge in [0, 0.05) is 13.1 Å². The second kappa shape index (κ2) is 6.30. The maximum atomic E-state index is 10.9. The van der Waals surface area contributed by atoms with Crippen LogP contribution < -0.4 is 10.0 Å². The molecule has 0 radical (unpaired) electrons. The van der Waals surface area contributed by atoms with E-state index in [-0.39, 0.29) is 18.8 Å². The van der Waals surface area contributed by atoms with Crippen molar-refractivity contribution in [3.05, 3.63) is 33.9 Å². The summed E-state index contributed by atoms with van der Waals surface area (Å²) < 4.78 is 23.9. The zero-order valence-electron chi connectivity index (χ0n) is 10.5. The summed E-state index contributed by atoms with van der Waals surface area (Å²) in [6.07, 6.45) is 0.987. The molecule has 0 heterocycles. The molecule has 0 bridgehead atoms. The Hall–Kier alpha value is -2.20. The number of carboxylic acid groups (broad SMARTS) is 1. The first kappa shape index (κ1) is 15.9. The number of rotatable bonds is 7. The standard InChI is InChI=1S/C10H13N3O6S/c1-20(18,19)12-6-5-11-8-4-2-3-7(10(14)15)9(8)13(16)17/h2-4,11-12H,5-6H2,1H3,(H,14,15). The van der Waals surface area contributed by atoms with Gasteiger partial charge in [-0.1, -0.05) is 6.07 Å². The maximum Gasteiger partial charge on any atom is 0.342 e. The normalized spacial score (nSPS) is 11.1. The van der Waals surface area contributed by atoms with E-state index in [9.17, 15) is 23.3 Å². The second-order valence-corrected chi connectivity index (χ2v) is 5.69. The van der Waals surface area contributed by atoms with Crippen LogP contribution in [0.4, 0.5) is 11.4 Å². The lowest BCUT2D eigenvalue weighted by atomic mass is 10.1. The minimum Gasteiger partial charge on any atom is -0.477 e. The van der Waals surface area contributed by atoms with E-state index in [0.717, 1.165) is 12.3 Å². The molecule has 0 fully saturated rings. The first-order valence-corrected chi connectivity index (χ1v) is 7.30. The highest BCUT2D eigenvalue weighted by Crippen LogP contribution is 2.28. The number of carboxylic acids is 1. The van der Waals surface area contributed by atoms with Gasteiger partial charge in [0.2, 0.25) is 10.0 Å². The zero-order chi connectivity index (χ0) is 15.3. The minimum absolute atomic E-state index is 0.0187. The van der Waals surface area contributed by atoms with E-state index in [0.29, 0.717) is 0 Å². The SMILES string of the molecule is CS(=O)(=O)NCCNc1cccc(C(=O)O)c1[N+](=O)[O-]. The molecule has 0 saturated carbocycles. The van der Waals surface area contributed by atoms with Crippen LogP contribution in [0.1, 0.15) is 10.4 Å². The Balaban J connectivity index is 2.87. The zero-order valence-corrected chi connectivity index (χ0v) is 11.3. The van der Waals surface area contributed by atoms with Crippen molar-refractivity contribution in [2.75, 3.05) is 24.7 Å². The van der Waals surface area contributed by atoms with Crippen LogP contribution in [0.15, 0.2) is 18.2 Å². The number of hydrogen-bond donors (Lipinski definition) is 3. The lowest BCUT2D eigenvalue weighted by Crippen LogP contribution is -2.27. The van der Waals surface area contributed by atoms with Crippen molar-refractivity contribution in [1.82, 2.24) is 4.72 Å². The molecule has 1 rings (SSSR count). The molecular formula is C10H13N3O6S. The van der Waals surface area contributed by atoms with E-state index in [1.165, 1.54) is 12.1 Å². The molecule has 0 saturated heterocycles. The topological polar surface area (TPSA) is 139 Å². The number of anilines is 1. The predicted molar refractivity (Wildman–Crippen MR) is 71.4 cm³/mol. The smallest absolute Gasteiger partial charge is 0.342 e. The monoisotopic (exact) mass is 303 g/mol. The number of hydrogen-bond acceptors (Lipinski definition) is 6. The number of para-hydroxylation sites is 1. The fourth-order valence-corrected chi connectivity index (χ4v) is 1.96. The fraction of sp³-hybridized carbons (Fsp3) is 0.300. The lowest BCUT2D eigenvalue weighted by molar-refractivity contribution is -0.384. The molecule has 1 aromatic carbocycles. The Labute approximate surface area is 114 Å². The second-order valence-electron chi connectivity index (χ2n) is 3.86. The number of carbonyl (C=O) groups is 1. The Morgan fingerprint density at radius 2 is 2.05 bits per heavy atom. The van der Waals surface area contributed by atoms with Gasteiger partial charge in [-0.3, -0.25) is 10.1 Å². The van der Waals surface area contributed by atoms with E-state index in [2.05, 4.69) is 10.0 Å². The molecule has 0 aliphatic heterocycles. The summed E-state index contributed by atoms with van der Waals surface area (Å²) in [4.78, 5) is 21.0. The van der Waals surface area contributed by atoms with Crippen LogP contribution in [0.5, 0.6) is 0 Å². The van der Waals surface area contributed by atoms with Crippen molar-refractivity contribution >= 4 is 27.4 Å². The number of nitrogens with one attached hydrogen (secondary N) is 2. The van der Waals surface area contributed by atoms with Crippen LogP contribution >= 0.6 is 0 Å². The summed E-state index contributed by atoms with van der Waals surface area (Å²) in [5.74, 6) is -1.41. The molecule has 9 nitrogen and oxygen atoms in total. The summed E-state index contributed by atoms with van der Waals surface area (Å²) in [6.45, 7) is 0.101. The molecule has 0 unspecified atom stereocenters. The van der Waals surface area contributed by atoms with Gasteiger partial charge in [0.05, 0.1) is 11.2 Å². The molecule has 0 aliphatic rings. The van der Waals surface area contributed by atoms with Crippen LogP contribution in [0.2, 0.25) is 0 Å². The number of aromatic carboxylic acids is 1. The van der Waals surface area contributed by atoms with Gasteiger partial charge in [-0.15, -0.1) is 0 Å². The predicted octanol–water partition coefficient (Wildman–Crippen LogP) is 0.254. The van der Waals surface area contributed by atoms with Crippen LogP contribution in [-0.4, -0.2) is 43.8 Å². The van der Waals surface area contributed by atoms with Crippen molar-refractivity contribution in [3.8, 4) is 0 Å². The lowest BCUT2D eigenvalue weighted by Gasteiger charge is -2.08. The molecule has 0 amide bonds. The number of sulfonamides is 1. The summed E-state index contributed by atoms with van der Waals surface area (Å²) in [6, 6.07) is 3.84. The van der Waals surface area contributed by atoms with Crippen molar-refractivity contribution in [2.45, 2.75) is 0 Å². The molecule has 0 aromatic heterocycles. The van der Waals surface area contributed by atoms with Gasteiger partial charge < -0.3 is 10.4 Å². The number of benzene rings is 1. The summed E-state index contributed by atoms with van der Waals surface area (Å²) >= 11 is 0. The molecule has 20 heavy (non-hydrogen) atoms. The molecule has 0 spiro atoms. The summed E-state index contributed by atoms with van der Waals surface area (Å²) in [5.41, 5.74) is -0.972. The Morgan fingerprint density at radius 1 is 1.40 bits per heavy atom. The summed E-state index contributed by atoms with van der Waals surface area (Å²) in [7, 11) is -3.34. The molecule has 1 aromatic rings. The van der Waals surface area contributed by atoms with Crippen LogP contribution in [-0.2, 0) is 10.0 Å². The van der Waals surface area contributed by atoms with E-state index >= 15 is 0 Å². The van der Waals surface area contributed by atoms with Crippen molar-refractivity contribution < 1.29 is 23.2 Å². The first-order valence-electron chi connectivity index (χ1n) is 5.41. The van der Waals surface area contributed by atoms with Crippen molar-refractivity contribution in [3.63, 3.8) is 0 Å². The Kier molecular flexibility index (Phi) is 5.00. The van der Waals surface area contributed by atoms with Crippen LogP contribution in [0, 0.1) is 10.1 Å². The van der Waals surface area contributed by atoms with Crippen molar-refractivity contribution in [1.29, 1.82) is 0 Å². The van der Waals surface area contributed by atoms with E-state index in [1.807, 2.05) is 0 Å². The summed E-state index contributed by atoms with van der Waals surface area (Å²) in [5, 5.41) is 22.5. The number of nitro groups is 1. The van der Waals surface area contributed by atoms with Crippen molar-refractivity contribution in [2.24, 2.45) is 0 Å². The van der Waals surface area contributed by atoms with Gasteiger partial charge in [-0.2, -0.15) is 0 Å². The average molecular weight is 303 g/mol. The molecule has 0 aliphatic carbocycles. The van der Waals surface area contributed by atoms with Crippen LogP contribution in [0.3, 0.4) is 0 Å². The highest BCUT2D eigenvalue weighted by Gasteiger charge is 2.23. The average Bonchev–Trinajstić information content (AvgIpc) is 2.32. The van der Waals surface area contributed by atoms with Gasteiger partial charge in [0.15, 0.2) is 0 Å². The van der Waals surface area contributed by atoms with Crippen LogP contribution in [0.25, 0.3) is 0 Å². The molecular weight excluding hydrogens is 290 g/mol. The van der Waals surface area contributed by atoms with Gasteiger partial charge >= 0.3 is 11.7 Å². The third-order valence-electron chi connectivity index (χ3n) is 2.25. The van der Waals surface area contributed by atoms with Gasteiger partial charge in [-0.05, 0) is 12.1 Å². The number of nitro benzene ring substituents is 1. The number of nitrogens with zero attached hydrogens (tertiary/aromatic N) is 1. The highest BCUT2D eigenvalue weighted by molar-refractivity contribution is 7.88. The fourth-order valence-electron chi connectivity index (χ4n) is 1.49. The minimum atomic E-state index is -3.34. The largest absolute Gasteiger partial charge is 0.477 e. The maximum absolute atomic E-state index is 10.9. The first-order chi connectivity index (χ1) is 9.22. The quantitative estimate of drug-likeness (QED) is 0.373. The molecule has 0 atom stereocenters. The Bertz CT molecular complexity index is 628. The van der Waals surface area contributed by atoms with E-state index in [4.69, 9.17) is 5.11 Å². The Morgan fingerprint density at radius 3 is 2.55 bits per heavy atom. The molecule has 10 heteroatoms. The molecule has 3 N–H and O–H groups in total. The third kappa shape index (κ3) is 4.48.